The lowest BCUT2D eigenvalue weighted by molar-refractivity contribution is 0.277. The van der Waals surface area contributed by atoms with Gasteiger partial charge in [0.1, 0.15) is 0 Å². The second kappa shape index (κ2) is 6.90. The zero-order chi connectivity index (χ0) is 14.5. The van der Waals surface area contributed by atoms with E-state index in [4.69, 9.17) is 21.7 Å². The van der Waals surface area contributed by atoms with Crippen LogP contribution in [0, 0.1) is 10.9 Å². The van der Waals surface area contributed by atoms with E-state index in [-0.39, 0.29) is 0 Å². The number of nitrogens with one attached hydrogen (secondary N) is 1. The van der Waals surface area contributed by atoms with E-state index in [0.717, 1.165) is 38.0 Å². The van der Waals surface area contributed by atoms with Gasteiger partial charge in [-0.2, -0.15) is 0 Å². The summed E-state index contributed by atoms with van der Waals surface area (Å²) >= 11 is 6.78. The molecule has 2 rings (SSSR count). The largest absolute Gasteiger partial charge is 0.490 e. The Balaban J connectivity index is 2.38. The zero-order valence-corrected chi connectivity index (χ0v) is 13.6. The Labute approximate surface area is 128 Å². The molecule has 0 amide bonds. The van der Waals surface area contributed by atoms with Crippen molar-refractivity contribution < 1.29 is 9.47 Å². The molecule has 1 N–H and O–H groups in total. The third kappa shape index (κ3) is 3.41. The Kier molecular flexibility index (Phi) is 5.20. The van der Waals surface area contributed by atoms with Gasteiger partial charge in [-0.3, -0.25) is 0 Å². The molecule has 0 aliphatic heterocycles. The van der Waals surface area contributed by atoms with Crippen LogP contribution in [0.2, 0.25) is 0 Å². The summed E-state index contributed by atoms with van der Waals surface area (Å²) in [6, 6.07) is 6.04. The molecule has 0 aliphatic carbocycles. The van der Waals surface area contributed by atoms with Crippen LogP contribution in [-0.2, 0) is 0 Å². The zero-order valence-electron chi connectivity index (χ0n) is 12.0. The predicted octanol–water partition coefficient (Wildman–Crippen LogP) is 4.97. The number of rotatable bonds is 6. The summed E-state index contributed by atoms with van der Waals surface area (Å²) in [6.07, 6.45) is 0.978. The molecule has 0 aliphatic rings. The quantitative estimate of drug-likeness (QED) is 0.765. The van der Waals surface area contributed by atoms with Gasteiger partial charge in [0, 0.05) is 5.69 Å². The first-order chi connectivity index (χ1) is 9.65. The van der Waals surface area contributed by atoms with Crippen LogP contribution in [0.1, 0.15) is 26.0 Å². The van der Waals surface area contributed by atoms with Crippen LogP contribution < -0.4 is 9.47 Å². The van der Waals surface area contributed by atoms with Crippen LogP contribution in [0.5, 0.6) is 11.5 Å². The molecule has 3 nitrogen and oxygen atoms in total. The average molecular weight is 309 g/mol. The molecular weight excluding hydrogens is 290 g/mol. The maximum atomic E-state index is 5.72. The van der Waals surface area contributed by atoms with Crippen molar-refractivity contribution in [3.8, 4) is 21.9 Å². The Bertz CT molecular complexity index is 631. The van der Waals surface area contributed by atoms with Gasteiger partial charge in [-0.05, 0) is 56.2 Å². The molecule has 1 aromatic carbocycles. The van der Waals surface area contributed by atoms with Crippen molar-refractivity contribution in [2.75, 3.05) is 13.2 Å². The van der Waals surface area contributed by atoms with E-state index in [2.05, 4.69) is 18.0 Å². The first-order valence-electron chi connectivity index (χ1n) is 6.75. The molecule has 0 spiro atoms. The van der Waals surface area contributed by atoms with Crippen LogP contribution in [0.15, 0.2) is 18.2 Å². The third-order valence-corrected chi connectivity index (χ3v) is 4.18. The van der Waals surface area contributed by atoms with E-state index in [1.54, 1.807) is 11.3 Å². The van der Waals surface area contributed by atoms with E-state index < -0.39 is 0 Å². The summed E-state index contributed by atoms with van der Waals surface area (Å²) in [5, 5.41) is 0. The molecule has 0 atom stereocenters. The maximum Gasteiger partial charge on any atom is 0.161 e. The number of ether oxygens (including phenoxy) is 2. The highest BCUT2D eigenvalue weighted by molar-refractivity contribution is 7.73. The van der Waals surface area contributed by atoms with Crippen molar-refractivity contribution in [1.82, 2.24) is 4.98 Å². The van der Waals surface area contributed by atoms with E-state index in [1.807, 2.05) is 26.0 Å². The molecule has 5 heteroatoms. The Morgan fingerprint density at radius 2 is 2.00 bits per heavy atom. The maximum absolute atomic E-state index is 5.72. The lowest BCUT2D eigenvalue weighted by atomic mass is 10.1. The smallest absolute Gasteiger partial charge is 0.161 e. The second-order valence-electron chi connectivity index (χ2n) is 4.41. The van der Waals surface area contributed by atoms with Gasteiger partial charge >= 0.3 is 0 Å². The van der Waals surface area contributed by atoms with Gasteiger partial charge in [-0.1, -0.05) is 6.92 Å². The van der Waals surface area contributed by atoms with E-state index in [1.165, 1.54) is 0 Å². The number of aromatic amines is 1. The lowest BCUT2D eigenvalue weighted by Crippen LogP contribution is -2.00. The Morgan fingerprint density at radius 3 is 2.60 bits per heavy atom. The highest BCUT2D eigenvalue weighted by Gasteiger charge is 2.11. The van der Waals surface area contributed by atoms with E-state index in [0.29, 0.717) is 13.2 Å². The van der Waals surface area contributed by atoms with Gasteiger partial charge in [-0.15, -0.1) is 11.3 Å². The molecule has 0 unspecified atom stereocenters. The number of aromatic nitrogens is 1. The summed E-state index contributed by atoms with van der Waals surface area (Å²) in [5.74, 6) is 1.59. The highest BCUT2D eigenvalue weighted by atomic mass is 32.1. The minimum Gasteiger partial charge on any atom is -0.490 e. The molecule has 0 fully saturated rings. The van der Waals surface area contributed by atoms with Crippen LogP contribution in [0.4, 0.5) is 0 Å². The third-order valence-electron chi connectivity index (χ3n) is 2.79. The summed E-state index contributed by atoms with van der Waals surface area (Å²) in [6.45, 7) is 7.41. The predicted molar refractivity (Wildman–Crippen MR) is 86.6 cm³/mol. The van der Waals surface area contributed by atoms with Crippen LogP contribution in [0.3, 0.4) is 0 Å². The van der Waals surface area contributed by atoms with Gasteiger partial charge in [0.15, 0.2) is 15.5 Å². The van der Waals surface area contributed by atoms with Crippen LogP contribution in [0.25, 0.3) is 10.4 Å². The minimum atomic E-state index is 0.619. The topological polar surface area (TPSA) is 34.2 Å². The first-order valence-corrected chi connectivity index (χ1v) is 7.97. The summed E-state index contributed by atoms with van der Waals surface area (Å²) in [4.78, 5) is 4.32. The first kappa shape index (κ1) is 15.1. The summed E-state index contributed by atoms with van der Waals surface area (Å²) in [7, 11) is 0. The number of aryl methyl sites for hydroxylation is 1. The van der Waals surface area contributed by atoms with Crippen molar-refractivity contribution in [2.45, 2.75) is 27.2 Å². The fourth-order valence-electron chi connectivity index (χ4n) is 1.93. The van der Waals surface area contributed by atoms with Crippen molar-refractivity contribution >= 4 is 23.6 Å². The number of benzene rings is 1. The normalized spacial score (nSPS) is 10.6. The fraction of sp³-hybridized carbons (Fsp3) is 0.400. The monoisotopic (exact) mass is 309 g/mol. The Morgan fingerprint density at radius 1 is 1.20 bits per heavy atom. The molecular formula is C15H19NO2S2. The molecule has 20 heavy (non-hydrogen) atoms. The molecule has 0 saturated carbocycles. The van der Waals surface area contributed by atoms with Crippen molar-refractivity contribution in [1.29, 1.82) is 0 Å². The molecule has 1 heterocycles. The second-order valence-corrected chi connectivity index (χ2v) is 6.10. The van der Waals surface area contributed by atoms with Crippen molar-refractivity contribution in [3.05, 3.63) is 27.8 Å². The van der Waals surface area contributed by atoms with E-state index >= 15 is 0 Å². The van der Waals surface area contributed by atoms with Gasteiger partial charge in [0.25, 0.3) is 0 Å². The van der Waals surface area contributed by atoms with Gasteiger partial charge in [0.2, 0.25) is 0 Å². The highest BCUT2D eigenvalue weighted by Crippen LogP contribution is 2.36. The average Bonchev–Trinajstić information content (AvgIpc) is 2.76. The molecule has 108 valence electrons. The van der Waals surface area contributed by atoms with E-state index in [9.17, 15) is 0 Å². The number of hydrogen-bond donors (Lipinski definition) is 1. The molecule has 0 saturated heterocycles. The van der Waals surface area contributed by atoms with Gasteiger partial charge < -0.3 is 14.5 Å². The SMILES string of the molecule is CCCOc1ccc(-c2sc(=S)[nH]c2C)cc1OCC. The minimum absolute atomic E-state index is 0.619. The summed E-state index contributed by atoms with van der Waals surface area (Å²) < 4.78 is 12.2. The van der Waals surface area contributed by atoms with Crippen LogP contribution in [-0.4, -0.2) is 18.2 Å². The fourth-order valence-corrected chi connectivity index (χ4v) is 3.17. The van der Waals surface area contributed by atoms with Crippen molar-refractivity contribution in [2.24, 2.45) is 0 Å². The molecule has 0 radical (unpaired) electrons. The van der Waals surface area contributed by atoms with Crippen LogP contribution >= 0.6 is 23.6 Å². The number of thiazole rings is 1. The summed E-state index contributed by atoms with van der Waals surface area (Å²) in [5.41, 5.74) is 2.19. The number of hydrogen-bond acceptors (Lipinski definition) is 4. The lowest BCUT2D eigenvalue weighted by Gasteiger charge is -2.12. The standard InChI is InChI=1S/C15H19NO2S2/c1-4-8-18-12-7-6-11(9-13(12)17-5-2)14-10(3)16-15(19)20-14/h6-7,9H,4-5,8H2,1-3H3,(H,16,19). The van der Waals surface area contributed by atoms with Gasteiger partial charge in [-0.25, -0.2) is 0 Å². The molecule has 2 aromatic rings. The number of H-pyrrole nitrogens is 1. The van der Waals surface area contributed by atoms with Crippen molar-refractivity contribution in [3.63, 3.8) is 0 Å². The molecule has 1 aromatic heterocycles. The Hall–Kier alpha value is -1.33. The van der Waals surface area contributed by atoms with Gasteiger partial charge in [0.05, 0.1) is 18.1 Å². The molecule has 0 bridgehead atoms.